The van der Waals surface area contributed by atoms with Crippen LogP contribution in [0, 0.1) is 45.1 Å². The predicted molar refractivity (Wildman–Crippen MR) is 296 cm³/mol. The number of rotatable bonds is 15. The van der Waals surface area contributed by atoms with E-state index in [0.717, 1.165) is 84.0 Å². The number of fused-ring (bicyclic) bond motifs is 2. The zero-order valence-corrected chi connectivity index (χ0v) is 46.4. The third-order valence-electron chi connectivity index (χ3n) is 12.7. The standard InChI is InChI=1S/C29H30BrFN6S.C28H28BrFN6/c1-29(2,3)16-34-25-19(14-32)15-33-26-23(25)12-17(13-24(26)30)11-22(18-5-7-20(31)8-6-18)27-28(38-4)37(36-35-27)21-9-10-21;1-28(2,3)16-33-26-19(13-31)14-32-27-23(26)11-17(12-24(27)29)10-22(18-4-6-20(30)7-5-18)25-15-36(35-34-25)21-8-9-21/h5-8,12-13,15,21-22H,9-11,16H2,1-4H3,(H,33,34);4-7,11-12,14-15,21-22H,8-10,16H2,1-3H3,(H,32,33)/t2*22-/m11/s1/i2*22D. The molecule has 0 amide bonds. The van der Waals surface area contributed by atoms with Crippen molar-refractivity contribution in [2.75, 3.05) is 30.0 Å². The maximum Gasteiger partial charge on any atom is 0.123 e. The quantitative estimate of drug-likeness (QED) is 0.0941. The van der Waals surface area contributed by atoms with Crippen molar-refractivity contribution in [2.45, 2.75) is 109 Å². The Morgan fingerprint density at radius 1 is 0.703 bits per heavy atom. The van der Waals surface area contributed by atoms with Gasteiger partial charge in [-0.25, -0.2) is 18.1 Å². The van der Waals surface area contributed by atoms with Gasteiger partial charge in [0.25, 0.3) is 0 Å². The molecule has 74 heavy (non-hydrogen) atoms. The molecule has 0 bridgehead atoms. The van der Waals surface area contributed by atoms with Crippen LogP contribution in [-0.2, 0) is 12.8 Å². The van der Waals surface area contributed by atoms with Crippen LogP contribution in [0.3, 0.4) is 0 Å². The number of thioether (sulfide) groups is 1. The Morgan fingerprint density at radius 3 is 1.62 bits per heavy atom. The summed E-state index contributed by atoms with van der Waals surface area (Å²) >= 11 is 8.88. The van der Waals surface area contributed by atoms with E-state index in [-0.39, 0.29) is 35.3 Å². The number of hydrogen-bond donors (Lipinski definition) is 2. The van der Waals surface area contributed by atoms with Gasteiger partial charge in [-0.05, 0) is 158 Å². The Balaban J connectivity index is 0.000000186. The van der Waals surface area contributed by atoms with Gasteiger partial charge >= 0.3 is 0 Å². The molecule has 2 N–H and O–H groups in total. The summed E-state index contributed by atoms with van der Waals surface area (Å²) in [5, 5.41) is 46.7. The molecule has 0 aliphatic heterocycles. The van der Waals surface area contributed by atoms with E-state index < -0.39 is 11.8 Å². The molecule has 0 radical (unpaired) electrons. The largest absolute Gasteiger partial charge is 0.383 e. The first-order chi connectivity index (χ1) is 36.1. The molecule has 0 unspecified atom stereocenters. The fourth-order valence-corrected chi connectivity index (χ4v) is 10.6. The minimum Gasteiger partial charge on any atom is -0.383 e. The van der Waals surface area contributed by atoms with E-state index in [1.54, 1.807) is 36.7 Å². The molecule has 4 aromatic heterocycles. The summed E-state index contributed by atoms with van der Waals surface area (Å²) in [7, 11) is 0. The van der Waals surface area contributed by atoms with E-state index in [9.17, 15) is 22.0 Å². The van der Waals surface area contributed by atoms with Crippen LogP contribution in [-0.4, -0.2) is 59.3 Å². The lowest BCUT2D eigenvalue weighted by Crippen LogP contribution is -2.19. The molecule has 10 rings (SSSR count). The number of pyridine rings is 2. The fourth-order valence-electron chi connectivity index (χ4n) is 8.62. The summed E-state index contributed by atoms with van der Waals surface area (Å²) in [6, 6.07) is 25.2. The Morgan fingerprint density at radius 2 is 1.18 bits per heavy atom. The zero-order chi connectivity index (χ0) is 54.3. The van der Waals surface area contributed by atoms with Crippen LogP contribution >= 0.6 is 43.6 Å². The van der Waals surface area contributed by atoms with Crippen molar-refractivity contribution >= 4 is 76.8 Å². The average Bonchev–Trinajstić information content (AvgIpc) is 4.33. The second-order valence-corrected chi connectivity index (χ2v) is 23.9. The Labute approximate surface area is 454 Å². The molecule has 2 aliphatic rings. The lowest BCUT2D eigenvalue weighted by molar-refractivity contribution is 0.443. The first-order valence-corrected chi connectivity index (χ1v) is 27.4. The van der Waals surface area contributed by atoms with Crippen molar-refractivity contribution in [3.8, 4) is 12.1 Å². The maximum absolute atomic E-state index is 13.9. The van der Waals surface area contributed by atoms with Gasteiger partial charge in [-0.2, -0.15) is 10.5 Å². The van der Waals surface area contributed by atoms with E-state index >= 15 is 0 Å². The van der Waals surface area contributed by atoms with Gasteiger partial charge < -0.3 is 10.6 Å². The van der Waals surface area contributed by atoms with E-state index in [4.69, 9.17) is 0 Å². The second kappa shape index (κ2) is 21.9. The smallest absolute Gasteiger partial charge is 0.123 e. The van der Waals surface area contributed by atoms with E-state index in [1.165, 1.54) is 36.0 Å². The van der Waals surface area contributed by atoms with Gasteiger partial charge in [0.1, 0.15) is 34.5 Å². The highest BCUT2D eigenvalue weighted by Crippen LogP contribution is 2.43. The third kappa shape index (κ3) is 12.3. The molecule has 2 fully saturated rings. The first kappa shape index (κ1) is 49.9. The van der Waals surface area contributed by atoms with Gasteiger partial charge in [0.05, 0.1) is 51.3 Å². The molecule has 17 heteroatoms. The highest BCUT2D eigenvalue weighted by Gasteiger charge is 2.32. The molecule has 2 aliphatic carbocycles. The number of benzene rings is 4. The summed E-state index contributed by atoms with van der Waals surface area (Å²) < 4.78 is 52.5. The Bertz CT molecular complexity index is 3540. The summed E-state index contributed by atoms with van der Waals surface area (Å²) in [5.74, 6) is -3.34. The van der Waals surface area contributed by atoms with E-state index in [2.05, 4.69) is 127 Å². The number of nitriles is 2. The minimum atomic E-state index is -1.33. The van der Waals surface area contributed by atoms with Gasteiger partial charge in [-0.1, -0.05) is 76.2 Å². The number of halogens is 4. The van der Waals surface area contributed by atoms with Gasteiger partial charge in [0.15, 0.2) is 0 Å². The van der Waals surface area contributed by atoms with Gasteiger partial charge in [-0.15, -0.1) is 22.0 Å². The summed E-state index contributed by atoms with van der Waals surface area (Å²) in [6.07, 6.45) is 11.7. The molecule has 0 spiro atoms. The highest BCUT2D eigenvalue weighted by molar-refractivity contribution is 9.11. The van der Waals surface area contributed by atoms with Crippen LogP contribution < -0.4 is 10.6 Å². The molecule has 8 aromatic rings. The minimum absolute atomic E-state index is 0.00230. The number of nitrogens with one attached hydrogen (secondary N) is 2. The molecular weight excluding hydrogens is 1080 g/mol. The number of aromatic nitrogens is 8. The van der Waals surface area contributed by atoms with Crippen molar-refractivity contribution in [1.82, 2.24) is 40.0 Å². The molecule has 380 valence electrons. The lowest BCUT2D eigenvalue weighted by atomic mass is 9.89. The lowest BCUT2D eigenvalue weighted by Gasteiger charge is -2.22. The van der Waals surface area contributed by atoms with Crippen LogP contribution in [0.2, 0.25) is 0 Å². The SMILES string of the molecule is [2H][C@@](Cc1cc(Br)c2ncc(C#N)c(NCC(C)(C)C)c2c1)(c1ccc(F)cc1)c1cn(C2CC2)nn1.[2H][C@@](Cc1cc(Br)c2ncc(C#N)c(NCC(C)(C)C)c2c1)(c1ccc(F)cc1)c1nnn(C2CC2)c1SC. The molecule has 4 heterocycles. The predicted octanol–water partition coefficient (Wildman–Crippen LogP) is 14.3. The Hall–Kier alpha value is -6.27. The van der Waals surface area contributed by atoms with Crippen LogP contribution in [0.1, 0.15) is 139 Å². The van der Waals surface area contributed by atoms with Gasteiger partial charge in [-0.3, -0.25) is 9.97 Å². The highest BCUT2D eigenvalue weighted by atomic mass is 79.9. The van der Waals surface area contributed by atoms with Crippen LogP contribution in [0.15, 0.2) is 105 Å². The van der Waals surface area contributed by atoms with Crippen molar-refractivity contribution in [3.05, 3.63) is 157 Å². The number of anilines is 2. The molecule has 0 saturated heterocycles. The molecule has 4 aromatic carbocycles. The fraction of sp³-hybridized carbons (Fsp3) is 0.368. The monoisotopic (exact) mass is 1140 g/mol. The number of hydrogen-bond acceptors (Lipinski definition) is 11. The van der Waals surface area contributed by atoms with Crippen LogP contribution in [0.5, 0.6) is 0 Å². The second-order valence-electron chi connectivity index (χ2n) is 21.4. The summed E-state index contributed by atoms with van der Waals surface area (Å²) in [5.41, 5.74) is 7.88. The molecule has 2 saturated carbocycles. The van der Waals surface area contributed by atoms with Crippen LogP contribution in [0.4, 0.5) is 20.2 Å². The van der Waals surface area contributed by atoms with Crippen LogP contribution in [0.25, 0.3) is 21.8 Å². The summed E-state index contributed by atoms with van der Waals surface area (Å²) in [4.78, 5) is 9.08. The van der Waals surface area contributed by atoms with Crippen molar-refractivity contribution < 1.29 is 11.5 Å². The number of nitrogens with zero attached hydrogens (tertiary/aromatic N) is 10. The van der Waals surface area contributed by atoms with E-state index in [1.807, 2.05) is 46.1 Å². The van der Waals surface area contributed by atoms with E-state index in [0.29, 0.717) is 58.8 Å². The van der Waals surface area contributed by atoms with Crippen molar-refractivity contribution in [2.24, 2.45) is 10.8 Å². The first-order valence-electron chi connectivity index (χ1n) is 25.6. The van der Waals surface area contributed by atoms with Crippen molar-refractivity contribution in [1.29, 1.82) is 10.5 Å². The van der Waals surface area contributed by atoms with Gasteiger partial charge in [0.2, 0.25) is 0 Å². The normalized spacial score (nSPS) is 15.7. The Kier molecular flexibility index (Phi) is 14.8. The summed E-state index contributed by atoms with van der Waals surface area (Å²) in [6.45, 7) is 14.1. The third-order valence-corrected chi connectivity index (χ3v) is 14.7. The molecule has 12 nitrogen and oxygen atoms in total. The topological polar surface area (TPSA) is 159 Å². The van der Waals surface area contributed by atoms with Crippen molar-refractivity contribution in [3.63, 3.8) is 0 Å². The average molecular weight is 1140 g/mol. The molecule has 2 atom stereocenters. The maximum atomic E-state index is 13.9. The zero-order valence-electron chi connectivity index (χ0n) is 44.4. The van der Waals surface area contributed by atoms with Gasteiger partial charge in [0, 0.05) is 65.9 Å². The molecular formula is C57H58Br2F2N12S.